The summed E-state index contributed by atoms with van der Waals surface area (Å²) in [5.41, 5.74) is 7.43. The molecule has 1 aliphatic heterocycles. The van der Waals surface area contributed by atoms with E-state index in [1.807, 2.05) is 55.6 Å². The van der Waals surface area contributed by atoms with Gasteiger partial charge in [-0.1, -0.05) is 54.6 Å². The molecule has 1 saturated heterocycles. The van der Waals surface area contributed by atoms with E-state index in [4.69, 9.17) is 12.2 Å². The summed E-state index contributed by atoms with van der Waals surface area (Å²) >= 11 is 5.88. The first-order valence-electron chi connectivity index (χ1n) is 13.9. The Bertz CT molecular complexity index is 1740. The molecule has 2 atom stereocenters. The number of rotatable bonds is 7. The molecule has 6 nitrogen and oxygen atoms in total. The van der Waals surface area contributed by atoms with E-state index in [0.29, 0.717) is 18.1 Å². The predicted molar refractivity (Wildman–Crippen MR) is 169 cm³/mol. The van der Waals surface area contributed by atoms with Crippen molar-refractivity contribution in [2.45, 2.75) is 39.3 Å². The van der Waals surface area contributed by atoms with Crippen molar-refractivity contribution in [1.82, 2.24) is 19.8 Å². The Morgan fingerprint density at radius 2 is 1.73 bits per heavy atom. The molecule has 5 aromatic rings. The van der Waals surface area contributed by atoms with E-state index in [1.165, 1.54) is 10.8 Å². The van der Waals surface area contributed by atoms with Gasteiger partial charge in [0.2, 0.25) is 5.91 Å². The van der Waals surface area contributed by atoms with E-state index in [9.17, 15) is 4.79 Å². The lowest BCUT2D eigenvalue weighted by Gasteiger charge is -2.28. The van der Waals surface area contributed by atoms with Gasteiger partial charge in [0, 0.05) is 41.6 Å². The Morgan fingerprint density at radius 3 is 2.54 bits per heavy atom. The van der Waals surface area contributed by atoms with Gasteiger partial charge in [-0.25, -0.2) is 0 Å². The van der Waals surface area contributed by atoms with Crippen LogP contribution in [0.15, 0.2) is 97.2 Å². The number of amides is 1. The van der Waals surface area contributed by atoms with E-state index in [2.05, 4.69) is 87.5 Å². The molecular weight excluding hydrogens is 526 g/mol. The fraction of sp³-hybridized carbons (Fsp3) is 0.206. The third kappa shape index (κ3) is 5.21. The minimum atomic E-state index is -0.148. The van der Waals surface area contributed by atoms with Gasteiger partial charge in [-0.2, -0.15) is 0 Å². The van der Waals surface area contributed by atoms with Crippen molar-refractivity contribution < 1.29 is 4.79 Å². The lowest BCUT2D eigenvalue weighted by atomic mass is 9.96. The molecule has 3 aromatic carbocycles. The maximum absolute atomic E-state index is 13.0. The molecule has 41 heavy (non-hydrogen) atoms. The highest BCUT2D eigenvalue weighted by Gasteiger charge is 2.41. The Hall–Kier alpha value is -4.49. The highest BCUT2D eigenvalue weighted by molar-refractivity contribution is 7.80. The first-order chi connectivity index (χ1) is 19.9. The van der Waals surface area contributed by atoms with E-state index in [0.717, 1.165) is 39.6 Å². The number of benzene rings is 3. The molecule has 0 saturated carbocycles. The number of aryl methyl sites for hydroxylation is 2. The first kappa shape index (κ1) is 26.7. The third-order valence-corrected chi connectivity index (χ3v) is 8.23. The zero-order chi connectivity index (χ0) is 28.5. The van der Waals surface area contributed by atoms with Gasteiger partial charge in [0.25, 0.3) is 0 Å². The van der Waals surface area contributed by atoms with Crippen LogP contribution in [0.5, 0.6) is 0 Å². The Morgan fingerprint density at radius 1 is 0.951 bits per heavy atom. The quantitative estimate of drug-likeness (QED) is 0.211. The summed E-state index contributed by atoms with van der Waals surface area (Å²) in [7, 11) is 0. The van der Waals surface area contributed by atoms with Crippen molar-refractivity contribution >= 4 is 39.7 Å². The first-order valence-corrected chi connectivity index (χ1v) is 14.3. The van der Waals surface area contributed by atoms with Crippen LogP contribution < -0.4 is 10.6 Å². The maximum Gasteiger partial charge on any atom is 0.226 e. The zero-order valence-electron chi connectivity index (χ0n) is 23.5. The number of carbonyl (C=O) groups is 1. The third-order valence-electron chi connectivity index (χ3n) is 7.88. The number of hydrogen-bond acceptors (Lipinski definition) is 3. The van der Waals surface area contributed by atoms with E-state index < -0.39 is 0 Å². The van der Waals surface area contributed by atoms with Crippen LogP contribution in [0.1, 0.15) is 46.7 Å². The predicted octanol–water partition coefficient (Wildman–Crippen LogP) is 6.95. The van der Waals surface area contributed by atoms with Gasteiger partial charge in [-0.15, -0.1) is 0 Å². The highest BCUT2D eigenvalue weighted by Crippen LogP contribution is 2.42. The van der Waals surface area contributed by atoms with Crippen molar-refractivity contribution in [3.8, 4) is 5.69 Å². The van der Waals surface area contributed by atoms with Crippen LogP contribution in [-0.2, 0) is 4.79 Å². The van der Waals surface area contributed by atoms with Crippen molar-refractivity contribution in [3.63, 3.8) is 0 Å². The number of carbonyl (C=O) groups excluding carboxylic acids is 1. The van der Waals surface area contributed by atoms with E-state index in [1.54, 1.807) is 0 Å². The Balaban J connectivity index is 1.36. The summed E-state index contributed by atoms with van der Waals surface area (Å²) in [5, 5.41) is 9.60. The molecule has 1 amide bonds. The van der Waals surface area contributed by atoms with Crippen LogP contribution in [-0.4, -0.2) is 32.0 Å². The Labute approximate surface area is 246 Å². The molecule has 206 valence electrons. The SMILES string of the molecule is Cc1cccc(NC(=O)CCN2C(=S)N[C@@H](c3ccccn3)[C@H]2c2cc(C)n(-c3cccc4ccccc34)c2C)c1. The number of hydrogen-bond donors (Lipinski definition) is 2. The van der Waals surface area contributed by atoms with Gasteiger partial charge < -0.3 is 20.1 Å². The molecule has 7 heteroatoms. The number of nitrogens with zero attached hydrogens (tertiary/aromatic N) is 3. The van der Waals surface area contributed by atoms with Crippen LogP contribution >= 0.6 is 12.2 Å². The highest BCUT2D eigenvalue weighted by atomic mass is 32.1. The van der Waals surface area contributed by atoms with Crippen LogP contribution in [0.4, 0.5) is 5.69 Å². The molecule has 0 unspecified atom stereocenters. The number of anilines is 1. The van der Waals surface area contributed by atoms with Gasteiger partial charge in [-0.3, -0.25) is 9.78 Å². The van der Waals surface area contributed by atoms with Crippen LogP contribution in [0.25, 0.3) is 16.5 Å². The smallest absolute Gasteiger partial charge is 0.226 e. The zero-order valence-corrected chi connectivity index (χ0v) is 24.3. The van der Waals surface area contributed by atoms with Gasteiger partial charge in [-0.05, 0) is 85.9 Å². The topological polar surface area (TPSA) is 62.2 Å². The van der Waals surface area contributed by atoms with Crippen molar-refractivity contribution in [2.24, 2.45) is 0 Å². The number of pyridine rings is 1. The molecular formula is C34H33N5OS. The molecule has 0 radical (unpaired) electrons. The molecule has 2 N–H and O–H groups in total. The minimum Gasteiger partial charge on any atom is -0.352 e. The lowest BCUT2D eigenvalue weighted by Crippen LogP contribution is -2.32. The van der Waals surface area contributed by atoms with Crippen molar-refractivity contribution in [1.29, 1.82) is 0 Å². The molecule has 1 fully saturated rings. The second kappa shape index (κ2) is 11.2. The summed E-state index contributed by atoms with van der Waals surface area (Å²) < 4.78 is 2.33. The van der Waals surface area contributed by atoms with Gasteiger partial charge in [0.1, 0.15) is 0 Å². The molecule has 1 aliphatic rings. The molecule has 3 heterocycles. The van der Waals surface area contributed by atoms with Gasteiger partial charge >= 0.3 is 0 Å². The molecule has 0 spiro atoms. The fourth-order valence-corrected chi connectivity index (χ4v) is 6.35. The van der Waals surface area contributed by atoms with Crippen molar-refractivity contribution in [2.75, 3.05) is 11.9 Å². The normalized spacial score (nSPS) is 16.7. The van der Waals surface area contributed by atoms with Crippen LogP contribution in [0.3, 0.4) is 0 Å². The number of fused-ring (bicyclic) bond motifs is 1. The lowest BCUT2D eigenvalue weighted by molar-refractivity contribution is -0.116. The monoisotopic (exact) mass is 559 g/mol. The average Bonchev–Trinajstić information content (AvgIpc) is 3.46. The largest absolute Gasteiger partial charge is 0.352 e. The minimum absolute atomic E-state index is 0.0420. The second-order valence-corrected chi connectivity index (χ2v) is 11.0. The molecule has 0 aliphatic carbocycles. The average molecular weight is 560 g/mol. The maximum atomic E-state index is 13.0. The summed E-state index contributed by atoms with van der Waals surface area (Å²) in [6, 6.07) is 30.7. The number of aromatic nitrogens is 2. The van der Waals surface area contributed by atoms with Crippen LogP contribution in [0.2, 0.25) is 0 Å². The van der Waals surface area contributed by atoms with Gasteiger partial charge in [0.05, 0.1) is 23.5 Å². The standard InChI is InChI=1S/C34H33N5OS/c1-22-10-8-13-26(20-22)36-31(40)17-19-38-33(32(37-34(38)41)29-15-6-7-18-35-29)28-21-23(2)39(24(28)3)30-16-9-12-25-11-4-5-14-27(25)30/h4-16,18,20-21,32-33H,17,19H2,1-3H3,(H,36,40)(H,37,41)/t32-,33+/m0/s1. The summed E-state index contributed by atoms with van der Waals surface area (Å²) in [6.45, 7) is 6.81. The molecule has 2 aromatic heterocycles. The summed E-state index contributed by atoms with van der Waals surface area (Å²) in [4.78, 5) is 19.8. The number of nitrogens with one attached hydrogen (secondary N) is 2. The summed E-state index contributed by atoms with van der Waals surface area (Å²) in [5.74, 6) is -0.0420. The second-order valence-electron chi connectivity index (χ2n) is 10.6. The molecule has 0 bridgehead atoms. The van der Waals surface area contributed by atoms with Crippen LogP contribution in [0, 0.1) is 20.8 Å². The summed E-state index contributed by atoms with van der Waals surface area (Å²) in [6.07, 6.45) is 2.12. The Kier molecular flexibility index (Phi) is 7.28. The van der Waals surface area contributed by atoms with E-state index in [-0.39, 0.29) is 18.0 Å². The molecule has 6 rings (SSSR count). The van der Waals surface area contributed by atoms with Gasteiger partial charge in [0.15, 0.2) is 5.11 Å². The van der Waals surface area contributed by atoms with E-state index >= 15 is 0 Å². The number of thiocarbonyl (C=S) groups is 1. The van der Waals surface area contributed by atoms with Crippen molar-refractivity contribution in [3.05, 3.63) is 125 Å². The fourth-order valence-electron chi connectivity index (χ4n) is 6.01.